The number of rotatable bonds is 6. The molecule has 1 amide bonds. The van der Waals surface area contributed by atoms with Crippen LogP contribution >= 0.6 is 0 Å². The molecule has 3 heterocycles. The molecule has 162 valence electrons. The molecule has 0 spiro atoms. The van der Waals surface area contributed by atoms with Crippen LogP contribution in [0.25, 0.3) is 10.9 Å². The summed E-state index contributed by atoms with van der Waals surface area (Å²) in [6.07, 6.45) is 2.68. The molecule has 1 aromatic carbocycles. The van der Waals surface area contributed by atoms with E-state index in [-0.39, 0.29) is 24.6 Å². The quantitative estimate of drug-likeness (QED) is 0.563. The second kappa shape index (κ2) is 8.85. The van der Waals surface area contributed by atoms with Crippen molar-refractivity contribution in [2.24, 2.45) is 0 Å². The van der Waals surface area contributed by atoms with Crippen molar-refractivity contribution in [1.29, 1.82) is 0 Å². The van der Waals surface area contributed by atoms with Crippen LogP contribution in [0.1, 0.15) is 43.3 Å². The summed E-state index contributed by atoms with van der Waals surface area (Å²) >= 11 is 0. The Balaban J connectivity index is 1.62. The summed E-state index contributed by atoms with van der Waals surface area (Å²) in [5, 5.41) is 16.8. The van der Waals surface area contributed by atoms with E-state index in [1.165, 1.54) is 0 Å². The van der Waals surface area contributed by atoms with Crippen molar-refractivity contribution in [2.45, 2.75) is 45.9 Å². The molecule has 0 unspecified atom stereocenters. The van der Waals surface area contributed by atoms with E-state index in [2.05, 4.69) is 37.4 Å². The van der Waals surface area contributed by atoms with Gasteiger partial charge < -0.3 is 20.6 Å². The number of nitrogens with one attached hydrogen (secondary N) is 2. The lowest BCUT2D eigenvalue weighted by molar-refractivity contribution is -0.119. The van der Waals surface area contributed by atoms with Gasteiger partial charge in [0.15, 0.2) is 0 Å². The van der Waals surface area contributed by atoms with Gasteiger partial charge in [-0.3, -0.25) is 4.79 Å². The first kappa shape index (κ1) is 21.0. The highest BCUT2D eigenvalue weighted by Crippen LogP contribution is 2.28. The first-order valence-electron chi connectivity index (χ1n) is 10.6. The Morgan fingerprint density at radius 1 is 1.32 bits per heavy atom. The van der Waals surface area contributed by atoms with Gasteiger partial charge in [0.2, 0.25) is 5.91 Å². The lowest BCUT2D eigenvalue weighted by Gasteiger charge is -2.20. The SMILES string of the molecule is CC(=O)N[C@@H]1CCN(c2cc3c(N[C@H](C)c4cccc(CO)c4)nc(C)nc3cn2)C1. The number of carbonyl (C=O) groups is 1. The predicted molar refractivity (Wildman–Crippen MR) is 121 cm³/mol. The highest BCUT2D eigenvalue weighted by molar-refractivity contribution is 5.90. The number of aliphatic hydroxyl groups excluding tert-OH is 1. The highest BCUT2D eigenvalue weighted by Gasteiger charge is 2.24. The third kappa shape index (κ3) is 4.74. The molecule has 3 aromatic rings. The maximum Gasteiger partial charge on any atom is 0.217 e. The molecule has 2 atom stereocenters. The molecule has 0 radical (unpaired) electrons. The Kier molecular flexibility index (Phi) is 5.99. The van der Waals surface area contributed by atoms with Gasteiger partial charge in [-0.1, -0.05) is 24.3 Å². The zero-order valence-electron chi connectivity index (χ0n) is 18.1. The van der Waals surface area contributed by atoms with Crippen LogP contribution in [-0.2, 0) is 11.4 Å². The number of fused-ring (bicyclic) bond motifs is 1. The molecule has 8 nitrogen and oxygen atoms in total. The van der Waals surface area contributed by atoms with Crippen LogP contribution in [0.3, 0.4) is 0 Å². The molecule has 1 aliphatic rings. The molecule has 1 fully saturated rings. The van der Waals surface area contributed by atoms with Crippen LogP contribution in [0, 0.1) is 6.92 Å². The number of aryl methyl sites for hydroxylation is 1. The molecule has 2 aromatic heterocycles. The van der Waals surface area contributed by atoms with E-state index >= 15 is 0 Å². The molecule has 0 aliphatic carbocycles. The fourth-order valence-electron chi connectivity index (χ4n) is 4.04. The first-order valence-corrected chi connectivity index (χ1v) is 10.6. The Bertz CT molecular complexity index is 1100. The number of nitrogens with zero attached hydrogens (tertiary/aromatic N) is 4. The largest absolute Gasteiger partial charge is 0.392 e. The van der Waals surface area contributed by atoms with E-state index in [0.29, 0.717) is 5.82 Å². The Labute approximate surface area is 181 Å². The standard InChI is InChI=1S/C23H28N6O2/c1-14(18-6-4-5-17(9-18)13-30)25-23-20-10-22(24-11-21(20)26-15(2)27-23)29-8-7-19(12-29)28-16(3)31/h4-6,9-11,14,19,30H,7-8,12-13H2,1-3H3,(H,28,31)(H,25,26,27)/t14-,19-/m1/s1. The zero-order valence-corrected chi connectivity index (χ0v) is 18.1. The van der Waals surface area contributed by atoms with Gasteiger partial charge in [-0.25, -0.2) is 15.0 Å². The molecule has 0 bridgehead atoms. The summed E-state index contributed by atoms with van der Waals surface area (Å²) in [5.41, 5.74) is 2.74. The molecule has 1 saturated heterocycles. The average molecular weight is 421 g/mol. The molecule has 4 rings (SSSR count). The summed E-state index contributed by atoms with van der Waals surface area (Å²) in [6.45, 7) is 7.07. The summed E-state index contributed by atoms with van der Waals surface area (Å²) in [6, 6.07) is 10.0. The second-order valence-electron chi connectivity index (χ2n) is 8.08. The van der Waals surface area contributed by atoms with Gasteiger partial charge >= 0.3 is 0 Å². The smallest absolute Gasteiger partial charge is 0.217 e. The van der Waals surface area contributed by atoms with Gasteiger partial charge in [-0.15, -0.1) is 0 Å². The van der Waals surface area contributed by atoms with E-state index in [0.717, 1.165) is 53.2 Å². The van der Waals surface area contributed by atoms with Crippen molar-refractivity contribution in [3.05, 3.63) is 53.5 Å². The third-order valence-corrected chi connectivity index (χ3v) is 5.59. The van der Waals surface area contributed by atoms with Crippen LogP contribution < -0.4 is 15.5 Å². The van der Waals surface area contributed by atoms with E-state index in [4.69, 9.17) is 0 Å². The van der Waals surface area contributed by atoms with Gasteiger partial charge in [-0.2, -0.15) is 0 Å². The van der Waals surface area contributed by atoms with Crippen LogP contribution in [0.2, 0.25) is 0 Å². The molecular weight excluding hydrogens is 392 g/mol. The molecule has 8 heteroatoms. The van der Waals surface area contributed by atoms with Gasteiger partial charge in [0.25, 0.3) is 0 Å². The van der Waals surface area contributed by atoms with Gasteiger partial charge in [0.05, 0.1) is 18.3 Å². The van der Waals surface area contributed by atoms with E-state index in [1.54, 1.807) is 13.1 Å². The Hall–Kier alpha value is -3.26. The number of aromatic nitrogens is 3. The number of benzene rings is 1. The lowest BCUT2D eigenvalue weighted by Crippen LogP contribution is -2.35. The summed E-state index contributed by atoms with van der Waals surface area (Å²) < 4.78 is 0. The molecule has 31 heavy (non-hydrogen) atoms. The van der Waals surface area contributed by atoms with Crippen LogP contribution in [-0.4, -0.2) is 45.1 Å². The van der Waals surface area contributed by atoms with E-state index in [9.17, 15) is 9.90 Å². The minimum Gasteiger partial charge on any atom is -0.392 e. The minimum atomic E-state index is -0.00654. The maximum absolute atomic E-state index is 11.4. The second-order valence-corrected chi connectivity index (χ2v) is 8.08. The molecule has 3 N–H and O–H groups in total. The van der Waals surface area contributed by atoms with Gasteiger partial charge in [0, 0.05) is 37.5 Å². The van der Waals surface area contributed by atoms with Crippen molar-refractivity contribution < 1.29 is 9.90 Å². The fraction of sp³-hybridized carbons (Fsp3) is 0.391. The topological polar surface area (TPSA) is 103 Å². The lowest BCUT2D eigenvalue weighted by atomic mass is 10.1. The van der Waals surface area contributed by atoms with Crippen molar-refractivity contribution >= 4 is 28.4 Å². The van der Waals surface area contributed by atoms with E-state index < -0.39 is 0 Å². The molecular formula is C23H28N6O2. The van der Waals surface area contributed by atoms with Crippen molar-refractivity contribution in [1.82, 2.24) is 20.3 Å². The number of carbonyl (C=O) groups excluding carboxylic acids is 1. The minimum absolute atomic E-state index is 0.00320. The number of pyridine rings is 1. The normalized spacial score (nSPS) is 17.0. The third-order valence-electron chi connectivity index (χ3n) is 5.59. The van der Waals surface area contributed by atoms with Crippen LogP contribution in [0.15, 0.2) is 36.5 Å². The van der Waals surface area contributed by atoms with Gasteiger partial charge in [-0.05, 0) is 37.5 Å². The summed E-state index contributed by atoms with van der Waals surface area (Å²) in [4.78, 5) is 27.4. The zero-order chi connectivity index (χ0) is 22.0. The highest BCUT2D eigenvalue weighted by atomic mass is 16.3. The molecule has 1 aliphatic heterocycles. The predicted octanol–water partition coefficient (Wildman–Crippen LogP) is 2.71. The Morgan fingerprint density at radius 2 is 2.16 bits per heavy atom. The van der Waals surface area contributed by atoms with E-state index in [1.807, 2.05) is 37.3 Å². The molecule has 0 saturated carbocycles. The monoisotopic (exact) mass is 420 g/mol. The number of anilines is 2. The number of hydrogen-bond acceptors (Lipinski definition) is 7. The van der Waals surface area contributed by atoms with Crippen molar-refractivity contribution in [3.8, 4) is 0 Å². The van der Waals surface area contributed by atoms with Crippen LogP contribution in [0.4, 0.5) is 11.6 Å². The first-order chi connectivity index (χ1) is 14.9. The fourth-order valence-corrected chi connectivity index (χ4v) is 4.04. The Morgan fingerprint density at radius 3 is 2.94 bits per heavy atom. The summed E-state index contributed by atoms with van der Waals surface area (Å²) in [7, 11) is 0. The van der Waals surface area contributed by atoms with Crippen molar-refractivity contribution in [3.63, 3.8) is 0 Å². The van der Waals surface area contributed by atoms with Crippen molar-refractivity contribution in [2.75, 3.05) is 23.3 Å². The number of amides is 1. The average Bonchev–Trinajstić information content (AvgIpc) is 3.21. The maximum atomic E-state index is 11.4. The van der Waals surface area contributed by atoms with Gasteiger partial charge in [0.1, 0.15) is 17.5 Å². The summed E-state index contributed by atoms with van der Waals surface area (Å²) in [5.74, 6) is 2.28. The number of aliphatic hydroxyl groups is 1. The number of hydrogen-bond donors (Lipinski definition) is 3. The van der Waals surface area contributed by atoms with Crippen LogP contribution in [0.5, 0.6) is 0 Å².